The smallest absolute Gasteiger partial charge is 0.127 e. The molecule has 1 heterocycles. The molecule has 3 N–H and O–H groups in total. The molecule has 0 saturated heterocycles. The van der Waals surface area contributed by atoms with Crippen LogP contribution in [0.25, 0.3) is 0 Å². The van der Waals surface area contributed by atoms with Gasteiger partial charge in [-0.05, 0) is 25.8 Å². The first-order valence-corrected chi connectivity index (χ1v) is 7.38. The van der Waals surface area contributed by atoms with Gasteiger partial charge in [0.15, 0.2) is 0 Å². The number of pyridine rings is 1. The van der Waals surface area contributed by atoms with Crippen LogP contribution in [-0.4, -0.2) is 28.8 Å². The first-order chi connectivity index (χ1) is 9.22. The molecule has 1 aliphatic rings. The molecular weight excluding hydrogens is 238 g/mol. The van der Waals surface area contributed by atoms with E-state index in [2.05, 4.69) is 22.5 Å². The summed E-state index contributed by atoms with van der Waals surface area (Å²) < 4.78 is 0. The highest BCUT2D eigenvalue weighted by Gasteiger charge is 2.27. The van der Waals surface area contributed by atoms with Crippen LogP contribution in [-0.2, 0) is 0 Å². The molecule has 0 aliphatic heterocycles. The molecule has 1 saturated carbocycles. The van der Waals surface area contributed by atoms with Gasteiger partial charge in [0.25, 0.3) is 0 Å². The van der Waals surface area contributed by atoms with E-state index in [1.165, 1.54) is 12.8 Å². The predicted octanol–water partition coefficient (Wildman–Crippen LogP) is 3.01. The van der Waals surface area contributed by atoms with Crippen molar-refractivity contribution in [3.05, 3.63) is 18.3 Å². The van der Waals surface area contributed by atoms with Crippen molar-refractivity contribution in [2.75, 3.05) is 23.7 Å². The lowest BCUT2D eigenvalue weighted by Crippen LogP contribution is -2.36. The normalized spacial score (nSPS) is 18.6. The van der Waals surface area contributed by atoms with E-state index >= 15 is 0 Å². The summed E-state index contributed by atoms with van der Waals surface area (Å²) in [5.41, 5.74) is 0.474. The zero-order chi connectivity index (χ0) is 13.6. The number of nitrogens with one attached hydrogen (secondary N) is 2. The molecule has 19 heavy (non-hydrogen) atoms. The van der Waals surface area contributed by atoms with E-state index in [1.54, 1.807) is 6.20 Å². The summed E-state index contributed by atoms with van der Waals surface area (Å²) in [5, 5.41) is 17.1. The van der Waals surface area contributed by atoms with Crippen molar-refractivity contribution in [3.8, 4) is 0 Å². The Hall–Kier alpha value is -1.29. The van der Waals surface area contributed by atoms with Gasteiger partial charge >= 0.3 is 0 Å². The number of hydrogen-bond acceptors (Lipinski definition) is 4. The summed E-state index contributed by atoms with van der Waals surface area (Å²) in [6, 6.07) is 3.93. The number of aliphatic hydroxyl groups is 1. The Morgan fingerprint density at radius 2 is 1.95 bits per heavy atom. The van der Waals surface area contributed by atoms with Crippen molar-refractivity contribution in [1.82, 2.24) is 4.98 Å². The Balaban J connectivity index is 1.91. The molecule has 1 aliphatic carbocycles. The van der Waals surface area contributed by atoms with Crippen molar-refractivity contribution in [1.29, 1.82) is 0 Å². The van der Waals surface area contributed by atoms with Gasteiger partial charge in [0.1, 0.15) is 5.82 Å². The molecule has 0 aromatic carbocycles. The van der Waals surface area contributed by atoms with Crippen LogP contribution in [0.5, 0.6) is 0 Å². The van der Waals surface area contributed by atoms with Crippen LogP contribution in [0, 0.1) is 0 Å². The molecule has 1 aromatic rings. The van der Waals surface area contributed by atoms with Crippen molar-refractivity contribution < 1.29 is 5.11 Å². The Morgan fingerprint density at radius 1 is 1.21 bits per heavy atom. The Morgan fingerprint density at radius 3 is 2.63 bits per heavy atom. The lowest BCUT2D eigenvalue weighted by Gasteiger charge is -2.27. The monoisotopic (exact) mass is 263 g/mol. The lowest BCUT2D eigenvalue weighted by atomic mass is 9.94. The van der Waals surface area contributed by atoms with E-state index in [1.807, 2.05) is 12.1 Å². The number of anilines is 2. The maximum atomic E-state index is 10.6. The van der Waals surface area contributed by atoms with Crippen LogP contribution in [0.4, 0.5) is 11.5 Å². The van der Waals surface area contributed by atoms with Gasteiger partial charge in [-0.2, -0.15) is 0 Å². The van der Waals surface area contributed by atoms with Crippen LogP contribution in [0.1, 0.15) is 45.4 Å². The molecule has 0 bridgehead atoms. The highest BCUT2D eigenvalue weighted by molar-refractivity contribution is 5.51. The highest BCUT2D eigenvalue weighted by atomic mass is 16.3. The van der Waals surface area contributed by atoms with Crippen LogP contribution in [0.2, 0.25) is 0 Å². The molecule has 4 heteroatoms. The van der Waals surface area contributed by atoms with Crippen molar-refractivity contribution in [2.24, 2.45) is 0 Å². The van der Waals surface area contributed by atoms with E-state index < -0.39 is 5.60 Å². The Labute approximate surface area is 115 Å². The third-order valence-electron chi connectivity index (χ3n) is 3.77. The van der Waals surface area contributed by atoms with Crippen molar-refractivity contribution in [2.45, 2.75) is 51.0 Å². The number of aromatic nitrogens is 1. The molecule has 0 atom stereocenters. The fourth-order valence-corrected chi connectivity index (χ4v) is 2.65. The Bertz CT molecular complexity index is 387. The first kappa shape index (κ1) is 14.1. The molecule has 4 nitrogen and oxygen atoms in total. The molecule has 1 aromatic heterocycles. The van der Waals surface area contributed by atoms with Gasteiger partial charge in [-0.25, -0.2) is 4.98 Å². The average Bonchev–Trinajstić information content (AvgIpc) is 2.63. The van der Waals surface area contributed by atoms with Gasteiger partial charge < -0.3 is 15.7 Å². The highest BCUT2D eigenvalue weighted by Crippen LogP contribution is 2.27. The largest absolute Gasteiger partial charge is 0.388 e. The molecule has 0 radical (unpaired) electrons. The van der Waals surface area contributed by atoms with E-state index in [-0.39, 0.29) is 0 Å². The van der Waals surface area contributed by atoms with Gasteiger partial charge in [-0.3, -0.25) is 0 Å². The van der Waals surface area contributed by atoms with Gasteiger partial charge in [0.05, 0.1) is 5.60 Å². The summed E-state index contributed by atoms with van der Waals surface area (Å²) in [6.45, 7) is 3.54. The molecule has 2 rings (SSSR count). The molecule has 0 amide bonds. The van der Waals surface area contributed by atoms with Gasteiger partial charge in [0, 0.05) is 31.0 Å². The summed E-state index contributed by atoms with van der Waals surface area (Å²) in [5.74, 6) is 0.875. The standard InChI is InChI=1S/C15H25N3O/c1-2-16-14-11-13(7-10-17-14)18-12-15(19)8-5-3-4-6-9-15/h7,10-11,19H,2-6,8-9,12H2,1H3,(H2,16,17,18). The molecular formula is C15H25N3O. The fraction of sp³-hybridized carbons (Fsp3) is 0.667. The third kappa shape index (κ3) is 4.39. The second kappa shape index (κ2) is 6.75. The average molecular weight is 263 g/mol. The van der Waals surface area contributed by atoms with Crippen molar-refractivity contribution >= 4 is 11.5 Å². The zero-order valence-corrected chi connectivity index (χ0v) is 11.8. The van der Waals surface area contributed by atoms with E-state index in [0.29, 0.717) is 6.54 Å². The molecule has 1 fully saturated rings. The summed E-state index contributed by atoms with van der Waals surface area (Å²) >= 11 is 0. The summed E-state index contributed by atoms with van der Waals surface area (Å²) in [7, 11) is 0. The van der Waals surface area contributed by atoms with E-state index in [9.17, 15) is 5.11 Å². The van der Waals surface area contributed by atoms with Crippen LogP contribution in [0.15, 0.2) is 18.3 Å². The molecule has 0 unspecified atom stereocenters. The quantitative estimate of drug-likeness (QED) is 0.715. The number of nitrogens with zero attached hydrogens (tertiary/aromatic N) is 1. The molecule has 106 valence electrons. The van der Waals surface area contributed by atoms with Gasteiger partial charge in [-0.1, -0.05) is 25.7 Å². The minimum atomic E-state index is -0.544. The summed E-state index contributed by atoms with van der Waals surface area (Å²) in [4.78, 5) is 4.24. The second-order valence-electron chi connectivity index (χ2n) is 5.45. The van der Waals surface area contributed by atoms with Gasteiger partial charge in [0.2, 0.25) is 0 Å². The van der Waals surface area contributed by atoms with Gasteiger partial charge in [-0.15, -0.1) is 0 Å². The van der Waals surface area contributed by atoms with Crippen LogP contribution >= 0.6 is 0 Å². The van der Waals surface area contributed by atoms with E-state index in [0.717, 1.165) is 43.7 Å². The van der Waals surface area contributed by atoms with Crippen LogP contribution in [0.3, 0.4) is 0 Å². The predicted molar refractivity (Wildman–Crippen MR) is 79.5 cm³/mol. The van der Waals surface area contributed by atoms with Crippen LogP contribution < -0.4 is 10.6 Å². The lowest BCUT2D eigenvalue weighted by molar-refractivity contribution is 0.0381. The third-order valence-corrected chi connectivity index (χ3v) is 3.77. The van der Waals surface area contributed by atoms with Crippen molar-refractivity contribution in [3.63, 3.8) is 0 Å². The maximum Gasteiger partial charge on any atom is 0.127 e. The molecule has 0 spiro atoms. The van der Waals surface area contributed by atoms with E-state index in [4.69, 9.17) is 0 Å². The topological polar surface area (TPSA) is 57.2 Å². The maximum absolute atomic E-state index is 10.6. The summed E-state index contributed by atoms with van der Waals surface area (Å²) in [6.07, 6.45) is 8.38. The SMILES string of the molecule is CCNc1cc(NCC2(O)CCCCCC2)ccn1. The zero-order valence-electron chi connectivity index (χ0n) is 11.8. The number of hydrogen-bond donors (Lipinski definition) is 3. The minimum absolute atomic E-state index is 0.544. The fourth-order valence-electron chi connectivity index (χ4n) is 2.65. The Kier molecular flexibility index (Phi) is 5.02. The second-order valence-corrected chi connectivity index (χ2v) is 5.45. The first-order valence-electron chi connectivity index (χ1n) is 7.38. The minimum Gasteiger partial charge on any atom is -0.388 e. The number of rotatable bonds is 5.